The molecule has 0 radical (unpaired) electrons. The number of aromatic hydroxyl groups is 1. The molecule has 3 aliphatic carbocycles. The van der Waals surface area contributed by atoms with Crippen LogP contribution in [-0.2, 0) is 16.0 Å². The number of carbonyl (C=O) groups excluding carboxylic acids is 1. The van der Waals surface area contributed by atoms with Crippen LogP contribution in [-0.4, -0.2) is 24.3 Å². The third-order valence-corrected chi connectivity index (χ3v) is 7.25. The zero-order valence-electron chi connectivity index (χ0n) is 15.4. The van der Waals surface area contributed by atoms with Crippen molar-refractivity contribution in [2.24, 2.45) is 17.3 Å². The molecule has 4 heteroatoms. The van der Waals surface area contributed by atoms with Gasteiger partial charge in [0.05, 0.1) is 7.11 Å². The molecule has 1 aromatic rings. The maximum atomic E-state index is 11.5. The van der Waals surface area contributed by atoms with Crippen LogP contribution in [0.15, 0.2) is 12.1 Å². The number of phenols is 1. The average Bonchev–Trinajstić information content (AvgIpc) is 2.90. The van der Waals surface area contributed by atoms with Crippen molar-refractivity contribution < 1.29 is 19.4 Å². The molecule has 136 valence electrons. The molecule has 4 nitrogen and oxygen atoms in total. The van der Waals surface area contributed by atoms with E-state index in [1.807, 2.05) is 6.07 Å². The van der Waals surface area contributed by atoms with Crippen LogP contribution < -0.4 is 4.74 Å². The fourth-order valence-corrected chi connectivity index (χ4v) is 6.10. The van der Waals surface area contributed by atoms with Crippen molar-refractivity contribution in [3.63, 3.8) is 0 Å². The molecule has 3 aliphatic rings. The lowest BCUT2D eigenvalue weighted by molar-refractivity contribution is -0.154. The third-order valence-electron chi connectivity index (χ3n) is 7.25. The highest BCUT2D eigenvalue weighted by atomic mass is 16.5. The Balaban J connectivity index is 1.65. The summed E-state index contributed by atoms with van der Waals surface area (Å²) in [5, 5.41) is 10.1. The summed E-state index contributed by atoms with van der Waals surface area (Å²) >= 11 is 0. The first kappa shape index (κ1) is 16.7. The number of rotatable bonds is 2. The molecule has 25 heavy (non-hydrogen) atoms. The molecular formula is C21H28O4. The van der Waals surface area contributed by atoms with E-state index in [9.17, 15) is 9.90 Å². The minimum atomic E-state index is -0.150. The van der Waals surface area contributed by atoms with Gasteiger partial charge in [-0.3, -0.25) is 4.79 Å². The van der Waals surface area contributed by atoms with Gasteiger partial charge >= 0.3 is 5.97 Å². The Kier molecular flexibility index (Phi) is 3.97. The second-order valence-corrected chi connectivity index (χ2v) is 8.36. The number of hydrogen-bond donors (Lipinski definition) is 1. The molecular weight excluding hydrogens is 316 g/mol. The highest BCUT2D eigenvalue weighted by molar-refractivity contribution is 5.66. The van der Waals surface area contributed by atoms with Gasteiger partial charge in [0.15, 0.2) is 11.5 Å². The Morgan fingerprint density at radius 1 is 1.24 bits per heavy atom. The number of hydrogen-bond acceptors (Lipinski definition) is 4. The molecule has 1 N–H and O–H groups in total. The number of esters is 1. The summed E-state index contributed by atoms with van der Waals surface area (Å²) in [6.45, 7) is 3.86. The summed E-state index contributed by atoms with van der Waals surface area (Å²) in [6, 6.07) is 3.96. The van der Waals surface area contributed by atoms with Crippen molar-refractivity contribution in [1.82, 2.24) is 0 Å². The molecule has 0 bridgehead atoms. The zero-order chi connectivity index (χ0) is 17.8. The molecule has 0 saturated heterocycles. The number of carbonyl (C=O) groups is 1. The maximum absolute atomic E-state index is 11.5. The van der Waals surface area contributed by atoms with E-state index in [1.165, 1.54) is 18.1 Å². The second kappa shape index (κ2) is 5.93. The minimum Gasteiger partial charge on any atom is -0.504 e. The monoisotopic (exact) mass is 344 g/mol. The molecule has 1 aromatic carbocycles. The van der Waals surface area contributed by atoms with Gasteiger partial charge in [0.25, 0.3) is 0 Å². The van der Waals surface area contributed by atoms with Gasteiger partial charge in [-0.05, 0) is 79.5 Å². The molecule has 0 heterocycles. The fourth-order valence-electron chi connectivity index (χ4n) is 6.10. The van der Waals surface area contributed by atoms with Crippen molar-refractivity contribution >= 4 is 5.97 Å². The summed E-state index contributed by atoms with van der Waals surface area (Å²) in [7, 11) is 1.61. The topological polar surface area (TPSA) is 55.8 Å². The van der Waals surface area contributed by atoms with E-state index in [2.05, 4.69) is 13.0 Å². The van der Waals surface area contributed by atoms with Gasteiger partial charge in [-0.2, -0.15) is 0 Å². The van der Waals surface area contributed by atoms with Gasteiger partial charge in [-0.1, -0.05) is 6.92 Å². The third kappa shape index (κ3) is 2.52. The van der Waals surface area contributed by atoms with Crippen LogP contribution >= 0.6 is 0 Å². The Labute approximate surface area is 149 Å². The predicted molar refractivity (Wildman–Crippen MR) is 94.8 cm³/mol. The molecule has 4 rings (SSSR count). The summed E-state index contributed by atoms with van der Waals surface area (Å²) in [5.41, 5.74) is 2.76. The molecule has 2 fully saturated rings. The van der Waals surface area contributed by atoms with E-state index in [-0.39, 0.29) is 23.2 Å². The normalized spacial score (nSPS) is 36.1. The number of ether oxygens (including phenoxy) is 2. The summed E-state index contributed by atoms with van der Waals surface area (Å²) in [5.74, 6) is 2.47. The van der Waals surface area contributed by atoms with Gasteiger partial charge in [0.1, 0.15) is 6.10 Å². The summed E-state index contributed by atoms with van der Waals surface area (Å²) in [4.78, 5) is 11.5. The van der Waals surface area contributed by atoms with Crippen molar-refractivity contribution in [3.05, 3.63) is 23.3 Å². The van der Waals surface area contributed by atoms with Crippen LogP contribution in [0.2, 0.25) is 0 Å². The molecule has 0 amide bonds. The largest absolute Gasteiger partial charge is 0.504 e. The van der Waals surface area contributed by atoms with E-state index in [4.69, 9.17) is 9.47 Å². The second-order valence-electron chi connectivity index (χ2n) is 8.36. The summed E-state index contributed by atoms with van der Waals surface area (Å²) in [6.07, 6.45) is 6.62. The number of methoxy groups -OCH3 is 1. The zero-order valence-corrected chi connectivity index (χ0v) is 15.4. The lowest BCUT2D eigenvalue weighted by Crippen LogP contribution is -2.45. The van der Waals surface area contributed by atoms with Crippen molar-refractivity contribution in [1.29, 1.82) is 0 Å². The Hall–Kier alpha value is -1.71. The number of benzene rings is 1. The molecule has 2 saturated carbocycles. The van der Waals surface area contributed by atoms with Crippen LogP contribution in [0.25, 0.3) is 0 Å². The number of aryl methyl sites for hydroxylation is 1. The van der Waals surface area contributed by atoms with Gasteiger partial charge < -0.3 is 14.6 Å². The maximum Gasteiger partial charge on any atom is 0.302 e. The smallest absolute Gasteiger partial charge is 0.302 e. The standard InChI is InChI=1S/C21H28O4/c1-12(22)25-20-7-6-17-15-5-4-13-10-18(23)19(24-3)11-16(13)14(15)8-9-21(17,20)2/h10-11,14-15,17,20,23H,4-9H2,1-3H3. The van der Waals surface area contributed by atoms with Crippen LogP contribution in [0.1, 0.15) is 63.0 Å². The van der Waals surface area contributed by atoms with E-state index in [0.717, 1.165) is 38.5 Å². The van der Waals surface area contributed by atoms with Gasteiger partial charge in [-0.15, -0.1) is 0 Å². The Bertz CT molecular complexity index is 697. The van der Waals surface area contributed by atoms with Crippen LogP contribution in [0.3, 0.4) is 0 Å². The van der Waals surface area contributed by atoms with Crippen LogP contribution in [0.4, 0.5) is 0 Å². The lowest BCUT2D eigenvalue weighted by Gasteiger charge is -2.50. The summed E-state index contributed by atoms with van der Waals surface area (Å²) < 4.78 is 11.0. The fraction of sp³-hybridized carbons (Fsp3) is 0.667. The first-order chi connectivity index (χ1) is 11.9. The average molecular weight is 344 g/mol. The Morgan fingerprint density at radius 3 is 2.76 bits per heavy atom. The molecule has 5 atom stereocenters. The van der Waals surface area contributed by atoms with Gasteiger partial charge in [0, 0.05) is 12.3 Å². The van der Waals surface area contributed by atoms with E-state index >= 15 is 0 Å². The van der Waals surface area contributed by atoms with Gasteiger partial charge in [0.2, 0.25) is 0 Å². The lowest BCUT2D eigenvalue weighted by atomic mass is 9.55. The van der Waals surface area contributed by atoms with E-state index in [1.54, 1.807) is 7.11 Å². The van der Waals surface area contributed by atoms with E-state index < -0.39 is 0 Å². The first-order valence-electron chi connectivity index (χ1n) is 9.51. The van der Waals surface area contributed by atoms with Crippen LogP contribution in [0, 0.1) is 17.3 Å². The molecule has 5 unspecified atom stereocenters. The molecule has 0 aromatic heterocycles. The molecule has 0 aliphatic heterocycles. The molecule has 0 spiro atoms. The Morgan fingerprint density at radius 2 is 2.04 bits per heavy atom. The highest BCUT2D eigenvalue weighted by Gasteiger charge is 2.56. The van der Waals surface area contributed by atoms with Crippen molar-refractivity contribution in [3.8, 4) is 11.5 Å². The minimum absolute atomic E-state index is 0.0756. The quantitative estimate of drug-likeness (QED) is 0.818. The number of fused-ring (bicyclic) bond motifs is 5. The SMILES string of the molecule is COc1cc2c(cc1O)CCC1C2CCC2(C)C(OC(C)=O)CCC12. The highest BCUT2D eigenvalue weighted by Crippen LogP contribution is 2.62. The first-order valence-corrected chi connectivity index (χ1v) is 9.51. The number of phenolic OH excluding ortho intramolecular Hbond substituents is 1. The van der Waals surface area contributed by atoms with Crippen molar-refractivity contribution in [2.45, 2.75) is 64.4 Å². The van der Waals surface area contributed by atoms with E-state index in [0.29, 0.717) is 23.5 Å². The van der Waals surface area contributed by atoms with Gasteiger partial charge in [-0.25, -0.2) is 0 Å². The van der Waals surface area contributed by atoms with Crippen molar-refractivity contribution in [2.75, 3.05) is 7.11 Å². The van der Waals surface area contributed by atoms with Crippen LogP contribution in [0.5, 0.6) is 11.5 Å². The predicted octanol–water partition coefficient (Wildman–Crippen LogP) is 4.19.